The molecule has 2 aromatic heterocycles. The molecule has 2 aliphatic rings. The zero-order valence-electron chi connectivity index (χ0n) is 15.5. The molecular weight excluding hydrogens is 385 g/mol. The normalized spacial score (nSPS) is 18.7. The second-order valence-electron chi connectivity index (χ2n) is 7.14. The number of piperidine rings is 1. The van der Waals surface area contributed by atoms with Crippen molar-refractivity contribution < 1.29 is 4.79 Å². The second kappa shape index (κ2) is 10.3. The van der Waals surface area contributed by atoms with E-state index in [1.54, 1.807) is 0 Å². The van der Waals surface area contributed by atoms with Crippen LogP contribution in [-0.4, -0.2) is 71.5 Å². The van der Waals surface area contributed by atoms with Crippen LogP contribution in [0.4, 0.5) is 0 Å². The lowest BCUT2D eigenvalue weighted by molar-refractivity contribution is -0.132. The largest absolute Gasteiger partial charge is 0.346 e. The number of nitrogens with one attached hydrogen (secondary N) is 2. The van der Waals surface area contributed by atoms with Crippen LogP contribution in [0.5, 0.6) is 0 Å². The van der Waals surface area contributed by atoms with Gasteiger partial charge in [-0.15, -0.1) is 24.8 Å². The Balaban J connectivity index is 0.00000131. The number of amides is 1. The number of aromatic amines is 1. The molecule has 2 saturated heterocycles. The number of H-pyrrole nitrogens is 1. The first kappa shape index (κ1) is 22.0. The van der Waals surface area contributed by atoms with Gasteiger partial charge in [0, 0.05) is 56.9 Å². The monoisotopic (exact) mass is 413 g/mol. The van der Waals surface area contributed by atoms with Gasteiger partial charge in [0.1, 0.15) is 5.65 Å². The summed E-state index contributed by atoms with van der Waals surface area (Å²) in [4.78, 5) is 24.4. The lowest BCUT2D eigenvalue weighted by Crippen LogP contribution is -2.47. The molecule has 0 atom stereocenters. The molecule has 8 heteroatoms. The maximum atomic E-state index is 12.3. The maximum absolute atomic E-state index is 12.3. The van der Waals surface area contributed by atoms with Crippen molar-refractivity contribution in [3.05, 3.63) is 30.1 Å². The smallest absolute Gasteiger partial charge is 0.223 e. The highest BCUT2D eigenvalue weighted by Crippen LogP contribution is 2.32. The molecule has 2 fully saturated rings. The summed E-state index contributed by atoms with van der Waals surface area (Å²) in [5, 5.41) is 4.55. The van der Waals surface area contributed by atoms with E-state index in [1.807, 2.05) is 17.2 Å². The van der Waals surface area contributed by atoms with Gasteiger partial charge in [0.15, 0.2) is 0 Å². The molecule has 27 heavy (non-hydrogen) atoms. The standard InChI is InChI=1S/C19H27N5O.2ClH/c25-18(24-12-7-20-8-13-24)5-11-23-9-3-15(4-10-23)17-14-22-19-16(17)2-1-6-21-19;;/h1-2,6,14-15,20H,3-5,7-13H2,(H,21,22);2*1H. The van der Waals surface area contributed by atoms with Crippen molar-refractivity contribution in [2.45, 2.75) is 25.2 Å². The Morgan fingerprint density at radius 3 is 2.63 bits per heavy atom. The van der Waals surface area contributed by atoms with E-state index in [0.29, 0.717) is 18.2 Å². The van der Waals surface area contributed by atoms with Crippen molar-refractivity contribution in [3.63, 3.8) is 0 Å². The van der Waals surface area contributed by atoms with Crippen LogP contribution in [0.25, 0.3) is 11.0 Å². The van der Waals surface area contributed by atoms with Gasteiger partial charge in [0.05, 0.1) is 0 Å². The van der Waals surface area contributed by atoms with Crippen molar-refractivity contribution in [3.8, 4) is 0 Å². The molecule has 0 radical (unpaired) electrons. The van der Waals surface area contributed by atoms with Gasteiger partial charge in [0.25, 0.3) is 0 Å². The summed E-state index contributed by atoms with van der Waals surface area (Å²) in [6.45, 7) is 6.61. The Bertz CT molecular complexity index is 724. The number of rotatable bonds is 4. The molecule has 0 aliphatic carbocycles. The number of hydrogen-bond acceptors (Lipinski definition) is 4. The van der Waals surface area contributed by atoms with E-state index in [1.165, 1.54) is 10.9 Å². The van der Waals surface area contributed by atoms with Crippen molar-refractivity contribution in [2.24, 2.45) is 0 Å². The van der Waals surface area contributed by atoms with E-state index in [0.717, 1.165) is 64.3 Å². The van der Waals surface area contributed by atoms with Gasteiger partial charge in [-0.25, -0.2) is 4.98 Å². The summed E-state index contributed by atoms with van der Waals surface area (Å²) in [5.41, 5.74) is 2.39. The molecule has 0 spiro atoms. The lowest BCUT2D eigenvalue weighted by atomic mass is 9.89. The van der Waals surface area contributed by atoms with E-state index in [9.17, 15) is 4.79 Å². The number of nitrogens with zero attached hydrogens (tertiary/aromatic N) is 3. The average molecular weight is 414 g/mol. The number of likely N-dealkylation sites (tertiary alicyclic amines) is 1. The fraction of sp³-hybridized carbons (Fsp3) is 0.579. The molecule has 0 bridgehead atoms. The van der Waals surface area contributed by atoms with Crippen molar-refractivity contribution in [1.82, 2.24) is 25.1 Å². The quantitative estimate of drug-likeness (QED) is 0.807. The first-order valence-corrected chi connectivity index (χ1v) is 9.44. The van der Waals surface area contributed by atoms with Gasteiger partial charge in [-0.05, 0) is 49.5 Å². The zero-order valence-corrected chi connectivity index (χ0v) is 17.2. The number of halogens is 2. The predicted molar refractivity (Wildman–Crippen MR) is 113 cm³/mol. The second-order valence-corrected chi connectivity index (χ2v) is 7.14. The van der Waals surface area contributed by atoms with Crippen LogP contribution in [0.3, 0.4) is 0 Å². The van der Waals surface area contributed by atoms with Gasteiger partial charge in [0.2, 0.25) is 5.91 Å². The van der Waals surface area contributed by atoms with Crippen molar-refractivity contribution >= 4 is 41.8 Å². The third-order valence-electron chi connectivity index (χ3n) is 5.62. The number of carbonyl (C=O) groups excluding carboxylic acids is 1. The van der Waals surface area contributed by atoms with Crippen LogP contribution >= 0.6 is 24.8 Å². The Kier molecular flexibility index (Phi) is 8.35. The van der Waals surface area contributed by atoms with Gasteiger partial charge in [-0.1, -0.05) is 0 Å². The van der Waals surface area contributed by atoms with Gasteiger partial charge in [-0.2, -0.15) is 0 Å². The molecule has 150 valence electrons. The first-order chi connectivity index (χ1) is 12.3. The van der Waals surface area contributed by atoms with E-state index >= 15 is 0 Å². The number of piperazine rings is 1. The minimum Gasteiger partial charge on any atom is -0.346 e. The summed E-state index contributed by atoms with van der Waals surface area (Å²) in [5.74, 6) is 0.907. The summed E-state index contributed by atoms with van der Waals surface area (Å²) in [7, 11) is 0. The third kappa shape index (κ3) is 5.13. The fourth-order valence-electron chi connectivity index (χ4n) is 4.11. The van der Waals surface area contributed by atoms with E-state index in [-0.39, 0.29) is 24.8 Å². The lowest BCUT2D eigenvalue weighted by Gasteiger charge is -2.33. The van der Waals surface area contributed by atoms with E-state index in [2.05, 4.69) is 32.4 Å². The van der Waals surface area contributed by atoms with Crippen molar-refractivity contribution in [1.29, 1.82) is 0 Å². The number of fused-ring (bicyclic) bond motifs is 1. The van der Waals surface area contributed by atoms with Crippen LogP contribution in [0.15, 0.2) is 24.5 Å². The Hall–Kier alpha value is -1.34. The molecule has 0 saturated carbocycles. The van der Waals surface area contributed by atoms with Gasteiger partial charge < -0.3 is 20.1 Å². The molecule has 4 rings (SSSR count). The van der Waals surface area contributed by atoms with E-state index in [4.69, 9.17) is 0 Å². The predicted octanol–water partition coefficient (Wildman–Crippen LogP) is 2.41. The van der Waals surface area contributed by atoms with Crippen LogP contribution in [0.2, 0.25) is 0 Å². The Labute approximate surface area is 172 Å². The van der Waals surface area contributed by atoms with Crippen LogP contribution in [0.1, 0.15) is 30.7 Å². The molecule has 1 amide bonds. The summed E-state index contributed by atoms with van der Waals surface area (Å²) in [6.07, 6.45) is 6.93. The molecule has 2 aromatic rings. The molecule has 0 aromatic carbocycles. The van der Waals surface area contributed by atoms with Gasteiger partial charge >= 0.3 is 0 Å². The Morgan fingerprint density at radius 2 is 1.89 bits per heavy atom. The van der Waals surface area contributed by atoms with E-state index < -0.39 is 0 Å². The third-order valence-corrected chi connectivity index (χ3v) is 5.62. The number of aromatic nitrogens is 2. The highest BCUT2D eigenvalue weighted by molar-refractivity contribution is 5.85. The Morgan fingerprint density at radius 1 is 1.15 bits per heavy atom. The highest BCUT2D eigenvalue weighted by atomic mass is 35.5. The minimum absolute atomic E-state index is 0. The topological polar surface area (TPSA) is 64.3 Å². The summed E-state index contributed by atoms with van der Waals surface area (Å²) < 4.78 is 0. The SMILES string of the molecule is Cl.Cl.O=C(CCN1CCC(c2c[nH]c3ncccc23)CC1)N1CCNCC1. The van der Waals surface area contributed by atoms with Crippen LogP contribution in [-0.2, 0) is 4.79 Å². The molecule has 2 N–H and O–H groups in total. The molecular formula is C19H29Cl2N5O. The van der Waals surface area contributed by atoms with Crippen molar-refractivity contribution in [2.75, 3.05) is 45.8 Å². The maximum Gasteiger partial charge on any atom is 0.223 e. The molecule has 0 unspecified atom stereocenters. The number of hydrogen-bond donors (Lipinski definition) is 2. The van der Waals surface area contributed by atoms with Gasteiger partial charge in [-0.3, -0.25) is 4.79 Å². The van der Waals surface area contributed by atoms with Crippen LogP contribution in [0, 0.1) is 0 Å². The summed E-state index contributed by atoms with van der Waals surface area (Å²) in [6, 6.07) is 4.17. The molecule has 4 heterocycles. The molecule has 6 nitrogen and oxygen atoms in total. The molecule has 2 aliphatic heterocycles. The average Bonchev–Trinajstić information content (AvgIpc) is 3.11. The number of carbonyl (C=O) groups is 1. The fourth-order valence-corrected chi connectivity index (χ4v) is 4.11. The first-order valence-electron chi connectivity index (χ1n) is 9.44. The van der Waals surface area contributed by atoms with Crippen LogP contribution < -0.4 is 5.32 Å². The highest BCUT2D eigenvalue weighted by Gasteiger charge is 2.24. The number of pyridine rings is 1. The summed E-state index contributed by atoms with van der Waals surface area (Å²) >= 11 is 0. The zero-order chi connectivity index (χ0) is 17.1. The minimum atomic E-state index is 0.